The summed E-state index contributed by atoms with van der Waals surface area (Å²) in [6.45, 7) is 9.19. The molecular weight excluding hydrogens is 622 g/mol. The molecule has 42 heavy (non-hydrogen) atoms. The third-order valence-electron chi connectivity index (χ3n) is 7.39. The maximum Gasteiger partial charge on any atom is 0.242 e. The lowest BCUT2D eigenvalue weighted by atomic mass is 10.0. The lowest BCUT2D eigenvalue weighted by Gasteiger charge is -2.41. The number of morpholine rings is 1. The van der Waals surface area contributed by atoms with Crippen molar-refractivity contribution in [1.82, 2.24) is 19.6 Å². The molecule has 0 bridgehead atoms. The molecule has 2 aliphatic rings. The van der Waals surface area contributed by atoms with Gasteiger partial charge in [-0.25, -0.2) is 18.1 Å². The number of piperidine rings is 1. The van der Waals surface area contributed by atoms with Crippen molar-refractivity contribution in [2.24, 2.45) is 0 Å². The van der Waals surface area contributed by atoms with E-state index in [1.807, 2.05) is 6.07 Å². The quantitative estimate of drug-likeness (QED) is 0.282. The first kappa shape index (κ1) is 30.5. The van der Waals surface area contributed by atoms with Crippen LogP contribution in [0, 0.1) is 0 Å². The maximum absolute atomic E-state index is 12.9. The zero-order chi connectivity index (χ0) is 29.7. The number of nitrogens with one attached hydrogen (secondary N) is 3. The van der Waals surface area contributed by atoms with Gasteiger partial charge in [0.25, 0.3) is 0 Å². The third-order valence-corrected chi connectivity index (χ3v) is 9.68. The Balaban J connectivity index is 1.33. The van der Waals surface area contributed by atoms with Crippen molar-refractivity contribution < 1.29 is 17.9 Å². The highest BCUT2D eigenvalue weighted by molar-refractivity contribution is 9.10. The van der Waals surface area contributed by atoms with Gasteiger partial charge in [-0.2, -0.15) is 4.98 Å². The third kappa shape index (κ3) is 7.32. The highest BCUT2D eigenvalue weighted by atomic mass is 79.9. The Labute approximate surface area is 256 Å². The van der Waals surface area contributed by atoms with Crippen LogP contribution in [0.15, 0.2) is 58.0 Å². The number of anilines is 5. The summed E-state index contributed by atoms with van der Waals surface area (Å²) in [5, 5.41) is 6.46. The summed E-state index contributed by atoms with van der Waals surface area (Å²) < 4.78 is 40.3. The number of ether oxygens (including phenoxy) is 2. The Hall–Kier alpha value is -2.97. The number of methoxy groups -OCH3 is 1. The van der Waals surface area contributed by atoms with E-state index in [1.54, 1.807) is 51.4 Å². The number of hydrogen-bond donors (Lipinski definition) is 3. The van der Waals surface area contributed by atoms with Crippen LogP contribution in [-0.4, -0.2) is 81.9 Å². The first-order chi connectivity index (χ1) is 20.2. The van der Waals surface area contributed by atoms with Crippen molar-refractivity contribution in [2.45, 2.75) is 43.7 Å². The van der Waals surface area contributed by atoms with Gasteiger partial charge in [-0.3, -0.25) is 4.90 Å². The van der Waals surface area contributed by atoms with Gasteiger partial charge in [0.15, 0.2) is 0 Å². The van der Waals surface area contributed by atoms with E-state index in [0.29, 0.717) is 33.7 Å². The van der Waals surface area contributed by atoms with E-state index in [2.05, 4.69) is 63.2 Å². The van der Waals surface area contributed by atoms with Crippen LogP contribution in [0.1, 0.15) is 26.7 Å². The highest BCUT2D eigenvalue weighted by Gasteiger charge is 2.26. The van der Waals surface area contributed by atoms with E-state index < -0.39 is 10.0 Å². The van der Waals surface area contributed by atoms with Crippen LogP contribution >= 0.6 is 15.9 Å². The molecule has 5 rings (SSSR count). The van der Waals surface area contributed by atoms with Crippen LogP contribution < -0.4 is 25.0 Å². The van der Waals surface area contributed by atoms with Gasteiger partial charge in [0.2, 0.25) is 16.0 Å². The van der Waals surface area contributed by atoms with E-state index in [9.17, 15) is 8.42 Å². The van der Waals surface area contributed by atoms with Crippen molar-refractivity contribution in [3.63, 3.8) is 0 Å². The first-order valence-electron chi connectivity index (χ1n) is 14.2. The maximum atomic E-state index is 12.9. The van der Waals surface area contributed by atoms with Crippen LogP contribution in [0.25, 0.3) is 0 Å². The minimum Gasteiger partial charge on any atom is -0.495 e. The van der Waals surface area contributed by atoms with Crippen molar-refractivity contribution >= 4 is 54.8 Å². The van der Waals surface area contributed by atoms with E-state index in [-0.39, 0.29) is 10.9 Å². The van der Waals surface area contributed by atoms with E-state index in [0.717, 1.165) is 63.6 Å². The Morgan fingerprint density at radius 1 is 1.02 bits per heavy atom. The van der Waals surface area contributed by atoms with Crippen LogP contribution in [0.5, 0.6) is 5.75 Å². The second-order valence-corrected chi connectivity index (χ2v) is 13.2. The molecule has 1 aromatic heterocycles. The fourth-order valence-electron chi connectivity index (χ4n) is 5.36. The van der Waals surface area contributed by atoms with Crippen molar-refractivity contribution in [3.05, 3.63) is 53.1 Å². The fourth-order valence-corrected chi connectivity index (χ4v) is 7.07. The first-order valence-corrected chi connectivity index (χ1v) is 16.4. The molecule has 2 fully saturated rings. The van der Waals surface area contributed by atoms with Gasteiger partial charge >= 0.3 is 0 Å². The number of para-hydroxylation sites is 1. The summed E-state index contributed by atoms with van der Waals surface area (Å²) in [4.78, 5) is 14.2. The van der Waals surface area contributed by atoms with Gasteiger partial charge in [-0.05, 0) is 73.0 Å². The van der Waals surface area contributed by atoms with Crippen molar-refractivity contribution in [3.8, 4) is 5.75 Å². The smallest absolute Gasteiger partial charge is 0.242 e. The van der Waals surface area contributed by atoms with Gasteiger partial charge in [-0.1, -0.05) is 12.1 Å². The number of rotatable bonds is 10. The molecule has 0 atom stereocenters. The monoisotopic (exact) mass is 659 g/mol. The molecule has 11 nitrogen and oxygen atoms in total. The molecule has 0 radical (unpaired) electrons. The van der Waals surface area contributed by atoms with E-state index in [4.69, 9.17) is 9.47 Å². The van der Waals surface area contributed by atoms with Gasteiger partial charge in [0, 0.05) is 50.1 Å². The Bertz CT molecular complexity index is 1480. The number of aromatic nitrogens is 2. The number of nitrogens with zero attached hydrogens (tertiary/aromatic N) is 4. The minimum absolute atomic E-state index is 0.130. The van der Waals surface area contributed by atoms with Gasteiger partial charge < -0.3 is 25.0 Å². The molecule has 0 aliphatic carbocycles. The standard InChI is InChI=1S/C29H38BrN7O4S/c1-20(2)35-42(38,39)27-7-5-4-6-24(27)32-28-23(30)19-31-29(34-28)33-25-18-22(8-9-26(25)40-3)36-12-10-21(11-13-36)37-14-16-41-17-15-37/h4-9,18-21,35H,10-17H2,1-3H3,(H2,31,32,33,34). The summed E-state index contributed by atoms with van der Waals surface area (Å²) in [6, 6.07) is 13.2. The number of hydrogen-bond acceptors (Lipinski definition) is 10. The van der Waals surface area contributed by atoms with Gasteiger partial charge in [-0.15, -0.1) is 0 Å². The largest absolute Gasteiger partial charge is 0.495 e. The minimum atomic E-state index is -3.73. The molecule has 13 heteroatoms. The molecule has 2 saturated heterocycles. The molecule has 3 N–H and O–H groups in total. The SMILES string of the molecule is COc1ccc(N2CCC(N3CCOCC3)CC2)cc1Nc1ncc(Br)c(Nc2ccccc2S(=O)(=O)NC(C)C)n1. The number of sulfonamides is 1. The molecule has 0 saturated carbocycles. The summed E-state index contributed by atoms with van der Waals surface area (Å²) in [7, 11) is -2.10. The molecule has 0 unspecified atom stereocenters. The molecular formula is C29H38BrN7O4S. The van der Waals surface area contributed by atoms with Crippen LogP contribution in [0.2, 0.25) is 0 Å². The normalized spacial score (nSPS) is 16.9. The number of benzene rings is 2. The van der Waals surface area contributed by atoms with Crippen LogP contribution in [0.3, 0.4) is 0 Å². The molecule has 3 aromatic rings. The summed E-state index contributed by atoms with van der Waals surface area (Å²) >= 11 is 3.49. The van der Waals surface area contributed by atoms with Crippen molar-refractivity contribution in [2.75, 3.05) is 62.0 Å². The number of halogens is 1. The summed E-state index contributed by atoms with van der Waals surface area (Å²) in [5.41, 5.74) is 2.24. The van der Waals surface area contributed by atoms with Crippen molar-refractivity contribution in [1.29, 1.82) is 0 Å². The predicted molar refractivity (Wildman–Crippen MR) is 169 cm³/mol. The Kier molecular flexibility index (Phi) is 9.84. The molecule has 0 amide bonds. The lowest BCUT2D eigenvalue weighted by molar-refractivity contribution is 0.0115. The Morgan fingerprint density at radius 2 is 1.76 bits per heavy atom. The second-order valence-electron chi connectivity index (χ2n) is 10.7. The molecule has 2 aromatic carbocycles. The molecule has 2 aliphatic heterocycles. The van der Waals surface area contributed by atoms with Crippen LogP contribution in [0.4, 0.5) is 28.8 Å². The molecule has 226 valence electrons. The van der Waals surface area contributed by atoms with Gasteiger partial charge in [0.05, 0.1) is 36.2 Å². The van der Waals surface area contributed by atoms with Crippen LogP contribution in [-0.2, 0) is 14.8 Å². The Morgan fingerprint density at radius 3 is 2.48 bits per heavy atom. The van der Waals surface area contributed by atoms with E-state index in [1.165, 1.54) is 0 Å². The summed E-state index contributed by atoms with van der Waals surface area (Å²) in [5.74, 6) is 1.42. The predicted octanol–water partition coefficient (Wildman–Crippen LogP) is 4.72. The zero-order valence-corrected chi connectivity index (χ0v) is 26.5. The molecule has 3 heterocycles. The average Bonchev–Trinajstić information content (AvgIpc) is 2.99. The van der Waals surface area contributed by atoms with Gasteiger partial charge in [0.1, 0.15) is 16.5 Å². The fraction of sp³-hybridized carbons (Fsp3) is 0.448. The average molecular weight is 661 g/mol. The molecule has 0 spiro atoms. The highest BCUT2D eigenvalue weighted by Crippen LogP contribution is 2.34. The van der Waals surface area contributed by atoms with E-state index >= 15 is 0 Å². The zero-order valence-electron chi connectivity index (χ0n) is 24.1. The second kappa shape index (κ2) is 13.6. The topological polar surface area (TPSA) is 121 Å². The lowest BCUT2D eigenvalue weighted by Crippen LogP contribution is -2.49. The summed E-state index contributed by atoms with van der Waals surface area (Å²) in [6.07, 6.45) is 3.85.